The number of hydrogen-bond acceptors (Lipinski definition) is 1. The summed E-state index contributed by atoms with van der Waals surface area (Å²) < 4.78 is 0. The first-order valence-corrected chi connectivity index (χ1v) is 7.10. The van der Waals surface area contributed by atoms with Crippen molar-refractivity contribution in [3.8, 4) is 0 Å². The predicted octanol–water partition coefficient (Wildman–Crippen LogP) is 3.41. The van der Waals surface area contributed by atoms with Crippen LogP contribution in [-0.4, -0.2) is 18.1 Å². The van der Waals surface area contributed by atoms with Crippen molar-refractivity contribution in [3.05, 3.63) is 35.5 Å². The van der Waals surface area contributed by atoms with Crippen LogP contribution in [0.4, 0.5) is 0 Å². The minimum Gasteiger partial charge on any atom is -0.361 e. The fourth-order valence-corrected chi connectivity index (χ4v) is 3.03. The number of aryl methyl sites for hydroxylation is 2. The number of H-pyrrole nitrogens is 1. The Morgan fingerprint density at radius 3 is 2.89 bits per heavy atom. The molecule has 1 fully saturated rings. The fourth-order valence-electron chi connectivity index (χ4n) is 3.03. The second-order valence-electron chi connectivity index (χ2n) is 5.60. The number of fused-ring (bicyclic) bond motifs is 1. The van der Waals surface area contributed by atoms with Crippen LogP contribution in [-0.2, 0) is 6.42 Å². The molecule has 2 heteroatoms. The summed E-state index contributed by atoms with van der Waals surface area (Å²) in [5.74, 6) is 0.918. The van der Waals surface area contributed by atoms with Gasteiger partial charge in [-0.3, -0.25) is 0 Å². The van der Waals surface area contributed by atoms with Crippen molar-refractivity contribution in [2.24, 2.45) is 5.92 Å². The summed E-state index contributed by atoms with van der Waals surface area (Å²) in [5.41, 5.74) is 4.12. The molecule has 0 aliphatic carbocycles. The average Bonchev–Trinajstić information content (AvgIpc) is 2.80. The van der Waals surface area contributed by atoms with Gasteiger partial charge in [0.25, 0.3) is 0 Å². The maximum absolute atomic E-state index is 3.44. The molecule has 0 radical (unpaired) electrons. The van der Waals surface area contributed by atoms with Gasteiger partial charge in [-0.2, -0.15) is 0 Å². The second kappa shape index (κ2) is 5.15. The summed E-state index contributed by atoms with van der Waals surface area (Å²) in [6.07, 6.45) is 7.45. The number of benzene rings is 1. The van der Waals surface area contributed by atoms with Crippen molar-refractivity contribution >= 4 is 10.9 Å². The topological polar surface area (TPSA) is 27.8 Å². The first-order valence-electron chi connectivity index (χ1n) is 7.10. The average molecular weight is 242 g/mol. The molecular weight excluding hydrogens is 220 g/mol. The molecule has 2 N–H and O–H groups in total. The molecule has 1 aliphatic heterocycles. The van der Waals surface area contributed by atoms with Crippen molar-refractivity contribution in [1.82, 2.24) is 10.3 Å². The zero-order valence-electron chi connectivity index (χ0n) is 11.1. The maximum Gasteiger partial charge on any atom is 0.0456 e. The second-order valence-corrected chi connectivity index (χ2v) is 5.60. The highest BCUT2D eigenvalue weighted by Crippen LogP contribution is 2.24. The SMILES string of the molecule is Cc1ccc2[nH]cc(CCC3CCNCC3)c2c1. The lowest BCUT2D eigenvalue weighted by atomic mass is 9.91. The van der Waals surface area contributed by atoms with Gasteiger partial charge in [-0.05, 0) is 69.3 Å². The molecule has 1 aromatic heterocycles. The van der Waals surface area contributed by atoms with Crippen LogP contribution in [0.2, 0.25) is 0 Å². The molecule has 0 atom stereocenters. The summed E-state index contributed by atoms with van der Waals surface area (Å²) in [4.78, 5) is 3.39. The van der Waals surface area contributed by atoms with E-state index in [0.717, 1.165) is 5.92 Å². The van der Waals surface area contributed by atoms with Gasteiger partial charge in [-0.25, -0.2) is 0 Å². The van der Waals surface area contributed by atoms with Crippen molar-refractivity contribution in [1.29, 1.82) is 0 Å². The van der Waals surface area contributed by atoms with Gasteiger partial charge in [-0.15, -0.1) is 0 Å². The third-order valence-electron chi connectivity index (χ3n) is 4.20. The highest BCUT2D eigenvalue weighted by atomic mass is 14.9. The van der Waals surface area contributed by atoms with Crippen molar-refractivity contribution in [2.75, 3.05) is 13.1 Å². The van der Waals surface area contributed by atoms with E-state index in [0.29, 0.717) is 0 Å². The monoisotopic (exact) mass is 242 g/mol. The van der Waals surface area contributed by atoms with Crippen LogP contribution >= 0.6 is 0 Å². The third kappa shape index (κ3) is 2.44. The summed E-state index contributed by atoms with van der Waals surface area (Å²) in [5, 5.41) is 4.86. The number of aromatic amines is 1. The van der Waals surface area contributed by atoms with E-state index in [1.165, 1.54) is 60.8 Å². The number of hydrogen-bond donors (Lipinski definition) is 2. The van der Waals surface area contributed by atoms with E-state index >= 15 is 0 Å². The van der Waals surface area contributed by atoms with E-state index < -0.39 is 0 Å². The van der Waals surface area contributed by atoms with Gasteiger partial charge in [0.05, 0.1) is 0 Å². The maximum atomic E-state index is 3.44. The van der Waals surface area contributed by atoms with Crippen molar-refractivity contribution in [3.63, 3.8) is 0 Å². The molecule has 1 aliphatic rings. The van der Waals surface area contributed by atoms with E-state index in [-0.39, 0.29) is 0 Å². The van der Waals surface area contributed by atoms with Gasteiger partial charge >= 0.3 is 0 Å². The molecule has 18 heavy (non-hydrogen) atoms. The van der Waals surface area contributed by atoms with Gasteiger partial charge in [0.15, 0.2) is 0 Å². The van der Waals surface area contributed by atoms with Crippen LogP contribution in [0.3, 0.4) is 0 Å². The van der Waals surface area contributed by atoms with Crippen molar-refractivity contribution < 1.29 is 0 Å². The summed E-state index contributed by atoms with van der Waals surface area (Å²) in [6, 6.07) is 6.68. The highest BCUT2D eigenvalue weighted by molar-refractivity contribution is 5.83. The molecule has 0 bridgehead atoms. The van der Waals surface area contributed by atoms with Crippen LogP contribution in [0.15, 0.2) is 24.4 Å². The highest BCUT2D eigenvalue weighted by Gasteiger charge is 2.13. The molecule has 0 saturated carbocycles. The van der Waals surface area contributed by atoms with Crippen LogP contribution in [0.1, 0.15) is 30.4 Å². The molecule has 96 valence electrons. The molecule has 2 aromatic rings. The molecule has 0 amide bonds. The van der Waals surface area contributed by atoms with E-state index in [2.05, 4.69) is 41.6 Å². The quantitative estimate of drug-likeness (QED) is 0.848. The number of piperidine rings is 1. The van der Waals surface area contributed by atoms with Gasteiger partial charge < -0.3 is 10.3 Å². The number of aromatic nitrogens is 1. The van der Waals surface area contributed by atoms with Gasteiger partial charge in [-0.1, -0.05) is 11.6 Å². The Hall–Kier alpha value is -1.28. The first-order chi connectivity index (χ1) is 8.83. The smallest absolute Gasteiger partial charge is 0.0456 e. The standard InChI is InChI=1S/C16H22N2/c1-12-2-5-16-15(10-12)14(11-18-16)4-3-13-6-8-17-9-7-13/h2,5,10-11,13,17-18H,3-4,6-9H2,1H3. The lowest BCUT2D eigenvalue weighted by Gasteiger charge is -2.22. The molecule has 0 unspecified atom stereocenters. The fraction of sp³-hybridized carbons (Fsp3) is 0.500. The number of rotatable bonds is 3. The van der Waals surface area contributed by atoms with Crippen molar-refractivity contribution in [2.45, 2.75) is 32.6 Å². The Balaban J connectivity index is 1.72. The molecule has 1 saturated heterocycles. The Bertz CT molecular complexity index is 521. The zero-order valence-corrected chi connectivity index (χ0v) is 11.1. The molecule has 1 aromatic carbocycles. The van der Waals surface area contributed by atoms with E-state index in [4.69, 9.17) is 0 Å². The lowest BCUT2D eigenvalue weighted by molar-refractivity contribution is 0.354. The van der Waals surface area contributed by atoms with Crippen LogP contribution in [0.5, 0.6) is 0 Å². The van der Waals surface area contributed by atoms with Crippen LogP contribution in [0, 0.1) is 12.8 Å². The summed E-state index contributed by atoms with van der Waals surface area (Å²) in [7, 11) is 0. The largest absolute Gasteiger partial charge is 0.361 e. The van der Waals surface area contributed by atoms with Gasteiger partial charge in [0.1, 0.15) is 0 Å². The number of nitrogens with one attached hydrogen (secondary N) is 2. The predicted molar refractivity (Wildman–Crippen MR) is 77.0 cm³/mol. The summed E-state index contributed by atoms with van der Waals surface area (Å²) >= 11 is 0. The lowest BCUT2D eigenvalue weighted by Crippen LogP contribution is -2.27. The molecule has 2 nitrogen and oxygen atoms in total. The van der Waals surface area contributed by atoms with Crippen LogP contribution in [0.25, 0.3) is 10.9 Å². The Morgan fingerprint density at radius 2 is 2.06 bits per heavy atom. The Labute approximate surface area is 109 Å². The molecule has 0 spiro atoms. The van der Waals surface area contributed by atoms with Crippen LogP contribution < -0.4 is 5.32 Å². The molecule has 3 rings (SSSR count). The zero-order chi connectivity index (χ0) is 12.4. The van der Waals surface area contributed by atoms with E-state index in [1.54, 1.807) is 0 Å². The third-order valence-corrected chi connectivity index (χ3v) is 4.20. The first kappa shape index (κ1) is 11.8. The summed E-state index contributed by atoms with van der Waals surface area (Å²) in [6.45, 7) is 4.58. The molecular formula is C16H22N2. The minimum absolute atomic E-state index is 0.918. The molecule has 2 heterocycles. The van der Waals surface area contributed by atoms with Gasteiger partial charge in [0.2, 0.25) is 0 Å². The minimum atomic E-state index is 0.918. The Morgan fingerprint density at radius 1 is 1.22 bits per heavy atom. The normalized spacial score (nSPS) is 17.4. The van der Waals surface area contributed by atoms with E-state index in [9.17, 15) is 0 Å². The van der Waals surface area contributed by atoms with E-state index in [1.807, 2.05) is 0 Å². The van der Waals surface area contributed by atoms with Gasteiger partial charge in [0, 0.05) is 17.1 Å². The Kier molecular flexibility index (Phi) is 3.37.